The maximum absolute atomic E-state index is 11.5. The second-order valence-corrected chi connectivity index (χ2v) is 29.9. The molecule has 8 rings (SSSR count). The molecule has 132 heavy (non-hydrogen) atoms. The molecule has 0 spiro atoms. The van der Waals surface area contributed by atoms with Gasteiger partial charge in [-0.05, 0) is 219 Å². The molecule has 0 saturated carbocycles. The number of allylic oxidation sites excluding steroid dienone is 2. The van der Waals surface area contributed by atoms with E-state index in [0.717, 1.165) is 97.9 Å². The van der Waals surface area contributed by atoms with Crippen LogP contribution in [-0.4, -0.2) is 155 Å². The minimum atomic E-state index is -0.449. The smallest absolute Gasteiger partial charge is 0.341 e. The van der Waals surface area contributed by atoms with Crippen molar-refractivity contribution in [3.8, 4) is 69.0 Å². The summed E-state index contributed by atoms with van der Waals surface area (Å²) in [4.78, 5) is 33.7. The second-order valence-electron chi connectivity index (χ2n) is 29.9. The van der Waals surface area contributed by atoms with E-state index >= 15 is 0 Å². The molecule has 722 valence electrons. The monoisotopic (exact) mass is 1830 g/mol. The first-order valence-electron chi connectivity index (χ1n) is 43.3. The highest BCUT2D eigenvalue weighted by atomic mass is 16.7. The molecule has 24 nitrogen and oxygen atoms in total. The minimum absolute atomic E-state index is 0.0372. The number of hydrogen-bond donors (Lipinski definition) is 0. The van der Waals surface area contributed by atoms with Crippen molar-refractivity contribution in [2.24, 2.45) is 0 Å². The van der Waals surface area contributed by atoms with E-state index < -0.39 is 11.9 Å². The van der Waals surface area contributed by atoms with Gasteiger partial charge in [-0.3, -0.25) is 9.59 Å². The summed E-state index contributed by atoms with van der Waals surface area (Å²) in [5.74, 6) is 7.41. The van der Waals surface area contributed by atoms with Gasteiger partial charge < -0.3 is 99.5 Å². The number of ketones is 1. The summed E-state index contributed by atoms with van der Waals surface area (Å²) in [6, 6.07) is 45.1. The van der Waals surface area contributed by atoms with Crippen LogP contribution in [0.25, 0.3) is 47.6 Å². The lowest BCUT2D eigenvalue weighted by Gasteiger charge is -2.23. The van der Waals surface area contributed by atoms with E-state index in [4.69, 9.17) is 94.7 Å². The molecule has 24 heteroatoms. The third-order valence-electron chi connectivity index (χ3n) is 17.7. The van der Waals surface area contributed by atoms with Crippen LogP contribution >= 0.6 is 0 Å². The number of ether oxygens (including phenoxy) is 21. The highest BCUT2D eigenvalue weighted by Crippen LogP contribution is 2.36. The van der Waals surface area contributed by atoms with Crippen molar-refractivity contribution in [3.63, 3.8) is 0 Å². The molecule has 0 aliphatic heterocycles. The largest absolute Gasteiger partial charge is 0.490 e. The van der Waals surface area contributed by atoms with E-state index in [1.165, 1.54) is 85.5 Å². The minimum Gasteiger partial charge on any atom is -0.490 e. The summed E-state index contributed by atoms with van der Waals surface area (Å²) >= 11 is 0. The average Bonchev–Trinajstić information content (AvgIpc) is 0.823. The van der Waals surface area contributed by atoms with Gasteiger partial charge in [-0.15, -0.1) is 0 Å². The standard InChI is InChI=1S/C16H24O3.C15H22O3.C14H20O3.C14H20O2.C13H18O2.2C12H14O4.C12H14O3/c1-4-6-7-8-11-18-16-12-14(5-2)9-10-15(16)19-13-17-3;1-4-6-7-10-17-15-11-13(5-2)8-9-14(15)18-12-16-3;1-6-11-7-8-12(16-10-15-5)13(9-11)17-14(2,3)4;1-10(2)12-6-7-14(16-9-15-5)13(8-12)11(3)4;1-5-11-8-12(10(2)3)6-7-13(11)15-9-14-4;1-4-9-5-6-11(16-8-14-2)10(7-9)12(13)15-3;1-4-10-5-6-11(15-8-14-3)12(7-10)16-9(2)13;1-4-10-5-6-12(15-8-14-3)11(7-10)9(2)13/h5,9-10,12H,2,4,6-8,11,13H2,1,3H3;5,8-9,11H,2,4,6-7,10,12H2,1,3H3;6-9H,1,10H2,2-5H3;6-8,11H,1,9H2,2-5H3;6-8H,2,5,9H2,1,3-4H3;2*4-7H,1,8H2,2-3H3;4-7H,1,8H2,2-3H3. The molecule has 8 aromatic carbocycles. The number of Topliss-reactive ketones (excluding diaryl/α,β-unsaturated/α-hetero) is 1. The number of carbonyl (C=O) groups is 3. The zero-order valence-corrected chi connectivity index (χ0v) is 82.1. The Morgan fingerprint density at radius 2 is 0.636 bits per heavy atom. The molecule has 8 aromatic rings. The van der Waals surface area contributed by atoms with Crippen LogP contribution in [0.15, 0.2) is 198 Å². The summed E-state index contributed by atoms with van der Waals surface area (Å²) in [5.41, 5.74) is 13.1. The van der Waals surface area contributed by atoms with E-state index in [0.29, 0.717) is 83.0 Å². The first-order valence-corrected chi connectivity index (χ1v) is 43.3. The lowest BCUT2D eigenvalue weighted by molar-refractivity contribution is -0.132. The van der Waals surface area contributed by atoms with Gasteiger partial charge in [0.2, 0.25) is 0 Å². The fourth-order valence-electron chi connectivity index (χ4n) is 11.0. The molecule has 0 fully saturated rings. The van der Waals surface area contributed by atoms with Gasteiger partial charge in [0.25, 0.3) is 0 Å². The first kappa shape index (κ1) is 118. The Balaban J connectivity index is 0.000000755. The Labute approximate surface area is 786 Å². The molecule has 0 atom stereocenters. The number of carbonyl (C=O) groups excluding carboxylic acids is 3. The molecule has 0 aliphatic carbocycles. The third kappa shape index (κ3) is 48.6. The number of esters is 2. The maximum Gasteiger partial charge on any atom is 0.341 e. The van der Waals surface area contributed by atoms with Gasteiger partial charge in [0.15, 0.2) is 106 Å². The molecule has 0 bridgehead atoms. The van der Waals surface area contributed by atoms with Gasteiger partial charge in [-0.2, -0.15) is 0 Å². The van der Waals surface area contributed by atoms with Crippen molar-refractivity contribution < 1.29 is 114 Å². The summed E-state index contributed by atoms with van der Waals surface area (Å²) in [7, 11) is 13.9. The highest BCUT2D eigenvalue weighted by molar-refractivity contribution is 5.97. The zero-order chi connectivity index (χ0) is 98.6. The van der Waals surface area contributed by atoms with Gasteiger partial charge in [0.05, 0.1) is 25.9 Å². The number of aryl methyl sites for hydroxylation is 1. The van der Waals surface area contributed by atoms with Crippen LogP contribution in [0.2, 0.25) is 0 Å². The molecule has 0 radical (unpaired) electrons. The van der Waals surface area contributed by atoms with Gasteiger partial charge in [-0.1, -0.05) is 215 Å². The quantitative estimate of drug-likeness (QED) is 0.0113. The summed E-state index contributed by atoms with van der Waals surface area (Å²) in [6.07, 6.45) is 19.5. The Morgan fingerprint density at radius 3 is 0.985 bits per heavy atom. The SMILES string of the molecule is C=C(C)c1ccc(OCOC)c(C(C)C)c1.C=C(C)c1ccc(OCOC)c(CC)c1.C=Cc1ccc(OCOC)c(C(=O)OC)c1.C=Cc1ccc(OCOC)c(C(C)=O)c1.C=Cc1ccc(OCOC)c(OC(C)(C)C)c1.C=Cc1ccc(OCOC)c(OC(C)=O)c1.C=Cc1ccc(OCOC)c(OCCCCC)c1.C=Cc1ccc(OCOC)c(OCCCCCC)c1. The zero-order valence-electron chi connectivity index (χ0n) is 82.1. The van der Waals surface area contributed by atoms with E-state index in [9.17, 15) is 14.4 Å². The van der Waals surface area contributed by atoms with Crippen LogP contribution in [0.5, 0.6) is 69.0 Å². The van der Waals surface area contributed by atoms with Crippen molar-refractivity contribution in [1.82, 2.24) is 0 Å². The van der Waals surface area contributed by atoms with E-state index in [1.807, 2.05) is 126 Å². The summed E-state index contributed by atoms with van der Waals surface area (Å²) < 4.78 is 109. The number of rotatable bonds is 49. The average molecular weight is 1830 g/mol. The number of unbranched alkanes of at least 4 members (excludes halogenated alkanes) is 5. The van der Waals surface area contributed by atoms with Crippen LogP contribution in [-0.2, 0) is 53.8 Å². The Morgan fingerprint density at radius 1 is 0.333 bits per heavy atom. The van der Waals surface area contributed by atoms with Crippen LogP contribution in [0, 0.1) is 0 Å². The molecule has 0 N–H and O–H groups in total. The van der Waals surface area contributed by atoms with Crippen LogP contribution < -0.4 is 56.8 Å². The van der Waals surface area contributed by atoms with Gasteiger partial charge in [0.1, 0.15) is 34.2 Å². The molecule has 0 amide bonds. The van der Waals surface area contributed by atoms with Gasteiger partial charge in [-0.25, -0.2) is 4.79 Å². The molecule has 0 saturated heterocycles. The van der Waals surface area contributed by atoms with E-state index in [1.54, 1.807) is 114 Å². The summed E-state index contributed by atoms with van der Waals surface area (Å²) in [6.45, 7) is 56.6. The molecular weight excluding hydrogens is 1680 g/mol. The van der Waals surface area contributed by atoms with Gasteiger partial charge >= 0.3 is 11.9 Å². The molecule has 0 aliphatic rings. The molecule has 0 heterocycles. The topological polar surface area (TPSA) is 245 Å². The van der Waals surface area contributed by atoms with Crippen molar-refractivity contribution in [3.05, 3.63) is 265 Å². The fraction of sp³-hybridized carbons (Fsp3) is 0.380. The van der Waals surface area contributed by atoms with Crippen LogP contribution in [0.4, 0.5) is 0 Å². The number of benzene rings is 8. The van der Waals surface area contributed by atoms with Crippen molar-refractivity contribution in [2.75, 3.05) is 132 Å². The Kier molecular flexibility index (Phi) is 63.0. The lowest BCUT2D eigenvalue weighted by atomic mass is 9.97. The summed E-state index contributed by atoms with van der Waals surface area (Å²) in [5, 5.41) is 0. The highest BCUT2D eigenvalue weighted by Gasteiger charge is 2.19. The predicted octanol–water partition coefficient (Wildman–Crippen LogP) is 25.6. The van der Waals surface area contributed by atoms with Gasteiger partial charge in [0, 0.05) is 63.8 Å². The second kappa shape index (κ2) is 70.6. The van der Waals surface area contributed by atoms with Crippen molar-refractivity contribution >= 4 is 65.3 Å². The molecular formula is C108H146O24. The van der Waals surface area contributed by atoms with Crippen molar-refractivity contribution in [2.45, 2.75) is 146 Å². The van der Waals surface area contributed by atoms with E-state index in [-0.39, 0.29) is 58.9 Å². The molecule has 0 aromatic heterocycles. The normalized spacial score (nSPS) is 10.1. The number of methoxy groups -OCH3 is 9. The number of hydrogen-bond acceptors (Lipinski definition) is 24. The fourth-order valence-corrected chi connectivity index (χ4v) is 11.0. The van der Waals surface area contributed by atoms with Crippen molar-refractivity contribution in [1.29, 1.82) is 0 Å². The lowest BCUT2D eigenvalue weighted by Crippen LogP contribution is -2.23. The Bertz CT molecular complexity index is 4730. The van der Waals surface area contributed by atoms with E-state index in [2.05, 4.69) is 104 Å². The molecule has 0 unspecified atom stereocenters. The third-order valence-corrected chi connectivity index (χ3v) is 17.7. The Hall–Kier alpha value is -12.2. The van der Waals surface area contributed by atoms with Crippen LogP contribution in [0.1, 0.15) is 210 Å². The van der Waals surface area contributed by atoms with Crippen LogP contribution in [0.3, 0.4) is 0 Å². The predicted molar refractivity (Wildman–Crippen MR) is 533 cm³/mol. The first-order chi connectivity index (χ1) is 63.4. The maximum atomic E-state index is 11.5.